The lowest BCUT2D eigenvalue weighted by molar-refractivity contribution is -0.142. The summed E-state index contributed by atoms with van der Waals surface area (Å²) in [6, 6.07) is 0. The minimum absolute atomic E-state index is 0.135. The fourth-order valence-electron chi connectivity index (χ4n) is 1.56. The zero-order valence-electron chi connectivity index (χ0n) is 10.0. The summed E-state index contributed by atoms with van der Waals surface area (Å²) in [5, 5.41) is 8.83. The van der Waals surface area contributed by atoms with Crippen molar-refractivity contribution in [2.24, 2.45) is 5.92 Å². The number of unbranched alkanes of at least 4 members (excludes halogenated alkanes) is 3. The van der Waals surface area contributed by atoms with Gasteiger partial charge in [-0.2, -0.15) is 0 Å². The van der Waals surface area contributed by atoms with Gasteiger partial charge < -0.3 is 5.11 Å². The van der Waals surface area contributed by atoms with Crippen LogP contribution in [0.4, 0.5) is 0 Å². The summed E-state index contributed by atoms with van der Waals surface area (Å²) in [6.07, 6.45) is 11.6. The Labute approximate surface area is 93.4 Å². The Morgan fingerprint density at radius 2 is 1.87 bits per heavy atom. The van der Waals surface area contributed by atoms with Crippen LogP contribution in [0, 0.1) is 5.92 Å². The minimum atomic E-state index is -0.640. The van der Waals surface area contributed by atoms with Crippen molar-refractivity contribution in [3.63, 3.8) is 0 Å². The molecule has 0 radical (unpaired) electrons. The number of aliphatic carboxylic acids is 1. The van der Waals surface area contributed by atoms with Crippen LogP contribution in [0.2, 0.25) is 0 Å². The number of allylic oxidation sites excluding steroid dienone is 2. The maximum atomic E-state index is 10.7. The monoisotopic (exact) mass is 212 g/mol. The molecule has 1 unspecified atom stereocenters. The SMILES string of the molecule is CCC/C=C/CCCCC(CC)C(=O)O. The molecule has 1 atom stereocenters. The second-order valence-electron chi connectivity index (χ2n) is 3.99. The summed E-state index contributed by atoms with van der Waals surface area (Å²) in [5.41, 5.74) is 0. The van der Waals surface area contributed by atoms with Crippen molar-refractivity contribution >= 4 is 5.97 Å². The van der Waals surface area contributed by atoms with E-state index in [0.29, 0.717) is 0 Å². The van der Waals surface area contributed by atoms with Gasteiger partial charge in [0.2, 0.25) is 0 Å². The molecule has 0 aromatic rings. The Balaban J connectivity index is 3.40. The van der Waals surface area contributed by atoms with Crippen LogP contribution in [0.1, 0.15) is 58.8 Å². The quantitative estimate of drug-likeness (QED) is 0.463. The predicted octanol–water partition coefficient (Wildman–Crippen LogP) is 4.01. The first-order valence-electron chi connectivity index (χ1n) is 6.10. The van der Waals surface area contributed by atoms with Gasteiger partial charge in [0.15, 0.2) is 0 Å². The third kappa shape index (κ3) is 8.22. The molecule has 0 heterocycles. The Morgan fingerprint density at radius 1 is 1.20 bits per heavy atom. The first kappa shape index (κ1) is 14.2. The lowest BCUT2D eigenvalue weighted by Gasteiger charge is -2.07. The van der Waals surface area contributed by atoms with Crippen LogP contribution in [0.15, 0.2) is 12.2 Å². The molecule has 0 aliphatic rings. The second-order valence-corrected chi connectivity index (χ2v) is 3.99. The fourth-order valence-corrected chi connectivity index (χ4v) is 1.56. The molecule has 0 bridgehead atoms. The summed E-state index contributed by atoms with van der Waals surface area (Å²) in [7, 11) is 0. The van der Waals surface area contributed by atoms with E-state index in [1.807, 2.05) is 6.92 Å². The third-order valence-electron chi connectivity index (χ3n) is 2.64. The van der Waals surface area contributed by atoms with Gasteiger partial charge in [0, 0.05) is 0 Å². The molecule has 2 nitrogen and oxygen atoms in total. The van der Waals surface area contributed by atoms with Gasteiger partial charge in [0.1, 0.15) is 0 Å². The lowest BCUT2D eigenvalue weighted by Crippen LogP contribution is -2.12. The summed E-state index contributed by atoms with van der Waals surface area (Å²) >= 11 is 0. The van der Waals surface area contributed by atoms with E-state index < -0.39 is 5.97 Å². The first-order chi connectivity index (χ1) is 7.22. The average Bonchev–Trinajstić information content (AvgIpc) is 2.21. The molecule has 88 valence electrons. The van der Waals surface area contributed by atoms with E-state index in [0.717, 1.165) is 38.5 Å². The van der Waals surface area contributed by atoms with Crippen molar-refractivity contribution in [3.05, 3.63) is 12.2 Å². The van der Waals surface area contributed by atoms with E-state index in [-0.39, 0.29) is 5.92 Å². The largest absolute Gasteiger partial charge is 0.481 e. The maximum Gasteiger partial charge on any atom is 0.306 e. The molecule has 0 rings (SSSR count). The molecule has 0 spiro atoms. The highest BCUT2D eigenvalue weighted by Crippen LogP contribution is 2.13. The number of carbonyl (C=O) groups is 1. The molecule has 15 heavy (non-hydrogen) atoms. The van der Waals surface area contributed by atoms with Gasteiger partial charge in [-0.15, -0.1) is 0 Å². The third-order valence-corrected chi connectivity index (χ3v) is 2.64. The Hall–Kier alpha value is -0.790. The molecular weight excluding hydrogens is 188 g/mol. The molecule has 0 aromatic carbocycles. The number of hydrogen-bond acceptors (Lipinski definition) is 1. The number of hydrogen-bond donors (Lipinski definition) is 1. The molecule has 2 heteroatoms. The first-order valence-corrected chi connectivity index (χ1v) is 6.10. The van der Waals surface area contributed by atoms with Crippen LogP contribution in [-0.2, 0) is 4.79 Å². The molecule has 0 fully saturated rings. The second kappa shape index (κ2) is 9.75. The smallest absolute Gasteiger partial charge is 0.306 e. The molecule has 0 aliphatic heterocycles. The van der Waals surface area contributed by atoms with Crippen molar-refractivity contribution < 1.29 is 9.90 Å². The van der Waals surface area contributed by atoms with Crippen LogP contribution in [0.5, 0.6) is 0 Å². The maximum absolute atomic E-state index is 10.7. The molecule has 0 saturated heterocycles. The normalized spacial score (nSPS) is 13.2. The molecule has 0 aliphatic carbocycles. The van der Waals surface area contributed by atoms with Gasteiger partial charge >= 0.3 is 5.97 Å². The molecule has 1 N–H and O–H groups in total. The standard InChI is InChI=1S/C13H24O2/c1-3-5-6-7-8-9-10-11-12(4-2)13(14)15/h6-7,12H,3-5,8-11H2,1-2H3,(H,14,15)/b7-6+. The highest BCUT2D eigenvalue weighted by molar-refractivity contribution is 5.69. The summed E-state index contributed by atoms with van der Waals surface area (Å²) in [5.74, 6) is -0.774. The van der Waals surface area contributed by atoms with Crippen LogP contribution in [-0.4, -0.2) is 11.1 Å². The number of carboxylic acids is 1. The highest BCUT2D eigenvalue weighted by Gasteiger charge is 2.13. The summed E-state index contributed by atoms with van der Waals surface area (Å²) < 4.78 is 0. The lowest BCUT2D eigenvalue weighted by atomic mass is 9.99. The Morgan fingerprint density at radius 3 is 2.40 bits per heavy atom. The van der Waals surface area contributed by atoms with E-state index in [9.17, 15) is 4.79 Å². The number of carboxylic acid groups (broad SMARTS) is 1. The summed E-state index contributed by atoms with van der Waals surface area (Å²) in [6.45, 7) is 4.11. The van der Waals surface area contributed by atoms with Gasteiger partial charge in [-0.25, -0.2) is 0 Å². The van der Waals surface area contributed by atoms with E-state index in [4.69, 9.17) is 5.11 Å². The number of rotatable bonds is 9. The van der Waals surface area contributed by atoms with Crippen LogP contribution in [0.25, 0.3) is 0 Å². The van der Waals surface area contributed by atoms with Crippen LogP contribution < -0.4 is 0 Å². The zero-order valence-corrected chi connectivity index (χ0v) is 10.0. The molecule has 0 aromatic heterocycles. The molecule has 0 saturated carbocycles. The predicted molar refractivity (Wildman–Crippen MR) is 63.9 cm³/mol. The van der Waals surface area contributed by atoms with Gasteiger partial charge in [-0.3, -0.25) is 4.79 Å². The van der Waals surface area contributed by atoms with E-state index in [1.54, 1.807) is 0 Å². The van der Waals surface area contributed by atoms with Crippen molar-refractivity contribution in [1.29, 1.82) is 0 Å². The molecular formula is C13H24O2. The minimum Gasteiger partial charge on any atom is -0.481 e. The van der Waals surface area contributed by atoms with Crippen molar-refractivity contribution in [1.82, 2.24) is 0 Å². The van der Waals surface area contributed by atoms with Crippen molar-refractivity contribution in [2.45, 2.75) is 58.8 Å². The Kier molecular flexibility index (Phi) is 9.24. The average molecular weight is 212 g/mol. The topological polar surface area (TPSA) is 37.3 Å². The van der Waals surface area contributed by atoms with Gasteiger partial charge in [0.25, 0.3) is 0 Å². The zero-order chi connectivity index (χ0) is 11.5. The Bertz CT molecular complexity index is 185. The highest BCUT2D eigenvalue weighted by atomic mass is 16.4. The van der Waals surface area contributed by atoms with Crippen LogP contribution in [0.3, 0.4) is 0 Å². The van der Waals surface area contributed by atoms with Crippen LogP contribution >= 0.6 is 0 Å². The van der Waals surface area contributed by atoms with Gasteiger partial charge in [0.05, 0.1) is 5.92 Å². The molecule has 0 amide bonds. The summed E-state index contributed by atoms with van der Waals surface area (Å²) in [4.78, 5) is 10.7. The van der Waals surface area contributed by atoms with E-state index >= 15 is 0 Å². The van der Waals surface area contributed by atoms with Crippen molar-refractivity contribution in [2.75, 3.05) is 0 Å². The van der Waals surface area contributed by atoms with Crippen molar-refractivity contribution in [3.8, 4) is 0 Å². The van der Waals surface area contributed by atoms with Gasteiger partial charge in [-0.1, -0.05) is 38.8 Å². The van der Waals surface area contributed by atoms with Gasteiger partial charge in [-0.05, 0) is 32.1 Å². The van der Waals surface area contributed by atoms with E-state index in [1.165, 1.54) is 6.42 Å². The fraction of sp³-hybridized carbons (Fsp3) is 0.769. The van der Waals surface area contributed by atoms with E-state index in [2.05, 4.69) is 19.1 Å².